The van der Waals surface area contributed by atoms with Crippen molar-refractivity contribution in [3.8, 4) is 0 Å². The zero-order valence-electron chi connectivity index (χ0n) is 7.15. The average Bonchev–Trinajstić information content (AvgIpc) is 1.90. The molecule has 0 rings (SSSR count). The zero-order valence-corrected chi connectivity index (χ0v) is 7.15. The van der Waals surface area contributed by atoms with Crippen LogP contribution < -0.4 is 0 Å². The quantitative estimate of drug-likeness (QED) is 0.521. The summed E-state index contributed by atoms with van der Waals surface area (Å²) in [7, 11) is 0. The topological polar surface area (TPSA) is 0 Å². The van der Waals surface area contributed by atoms with Gasteiger partial charge in [0, 0.05) is 0 Å². The second-order valence-corrected chi connectivity index (χ2v) is 2.54. The Morgan fingerprint density at radius 3 is 2.20 bits per heavy atom. The second-order valence-electron chi connectivity index (χ2n) is 2.54. The lowest BCUT2D eigenvalue weighted by Crippen LogP contribution is -1.71. The molecular weight excluding hydrogens is 120 g/mol. The molecule has 0 amide bonds. The molecule has 0 atom stereocenters. The molecule has 0 aromatic carbocycles. The summed E-state index contributed by atoms with van der Waals surface area (Å²) in [6.45, 7) is 10.0. The molecule has 0 unspecified atom stereocenters. The fourth-order valence-corrected chi connectivity index (χ4v) is 0.604. The molecular formula is C10H16. The summed E-state index contributed by atoms with van der Waals surface area (Å²) in [5.41, 5.74) is 2.62. The van der Waals surface area contributed by atoms with Crippen molar-refractivity contribution < 1.29 is 0 Å². The van der Waals surface area contributed by atoms with Crippen LogP contribution in [0.2, 0.25) is 0 Å². The van der Waals surface area contributed by atoms with E-state index in [1.807, 2.05) is 6.08 Å². The first-order valence-electron chi connectivity index (χ1n) is 3.67. The smallest absolute Gasteiger partial charge is 0.0308 e. The first-order chi connectivity index (χ1) is 4.70. The summed E-state index contributed by atoms with van der Waals surface area (Å²) >= 11 is 0. The third-order valence-electron chi connectivity index (χ3n) is 1.30. The average molecular weight is 136 g/mol. The molecule has 0 bridgehead atoms. The van der Waals surface area contributed by atoms with E-state index in [1.165, 1.54) is 11.1 Å². The molecule has 0 aliphatic rings. The van der Waals surface area contributed by atoms with E-state index in [2.05, 4.69) is 39.5 Å². The normalized spacial score (nSPS) is 10.9. The molecule has 0 heteroatoms. The van der Waals surface area contributed by atoms with Gasteiger partial charge in [-0.15, -0.1) is 0 Å². The van der Waals surface area contributed by atoms with Gasteiger partial charge in [0.1, 0.15) is 0 Å². The van der Waals surface area contributed by atoms with Crippen molar-refractivity contribution in [2.45, 2.75) is 27.2 Å². The molecule has 0 nitrogen and oxygen atoms in total. The summed E-state index contributed by atoms with van der Waals surface area (Å²) in [6, 6.07) is 0. The maximum Gasteiger partial charge on any atom is -0.0308 e. The minimum Gasteiger partial charge on any atom is -0.0988 e. The van der Waals surface area contributed by atoms with Crippen LogP contribution in [0.25, 0.3) is 0 Å². The van der Waals surface area contributed by atoms with Gasteiger partial charge in [-0.25, -0.2) is 0 Å². The van der Waals surface area contributed by atoms with E-state index in [4.69, 9.17) is 0 Å². The molecule has 56 valence electrons. The number of hydrogen-bond donors (Lipinski definition) is 0. The van der Waals surface area contributed by atoms with Crippen molar-refractivity contribution in [3.05, 3.63) is 36.0 Å². The third kappa shape index (κ3) is 4.13. The SMILES string of the molecule is C=C/C(=C\C=C(C)C)CC. The van der Waals surface area contributed by atoms with Gasteiger partial charge < -0.3 is 0 Å². The van der Waals surface area contributed by atoms with E-state index in [0.29, 0.717) is 0 Å². The van der Waals surface area contributed by atoms with Crippen LogP contribution in [0.5, 0.6) is 0 Å². The molecule has 0 spiro atoms. The molecule has 0 saturated heterocycles. The summed E-state index contributed by atoms with van der Waals surface area (Å²) in [5, 5.41) is 0. The Hall–Kier alpha value is -0.780. The Morgan fingerprint density at radius 1 is 1.30 bits per heavy atom. The van der Waals surface area contributed by atoms with Crippen molar-refractivity contribution in [2.24, 2.45) is 0 Å². The van der Waals surface area contributed by atoms with Crippen molar-refractivity contribution >= 4 is 0 Å². The molecule has 0 radical (unpaired) electrons. The standard InChI is InChI=1S/C10H16/c1-5-10(6-2)8-7-9(3)4/h5,7-8H,1,6H2,2-4H3/b10-8+. The molecule has 0 aromatic heterocycles. The lowest BCUT2D eigenvalue weighted by atomic mass is 10.2. The zero-order chi connectivity index (χ0) is 7.98. The summed E-state index contributed by atoms with van der Waals surface area (Å²) in [6.07, 6.45) is 7.19. The molecule has 0 aromatic rings. The third-order valence-corrected chi connectivity index (χ3v) is 1.30. The van der Waals surface area contributed by atoms with E-state index < -0.39 is 0 Å². The van der Waals surface area contributed by atoms with Gasteiger partial charge in [0.2, 0.25) is 0 Å². The first-order valence-corrected chi connectivity index (χ1v) is 3.67. The fraction of sp³-hybridized carbons (Fsp3) is 0.400. The van der Waals surface area contributed by atoms with E-state index in [0.717, 1.165) is 6.42 Å². The molecule has 0 N–H and O–H groups in total. The summed E-state index contributed by atoms with van der Waals surface area (Å²) < 4.78 is 0. The van der Waals surface area contributed by atoms with Crippen molar-refractivity contribution in [1.29, 1.82) is 0 Å². The van der Waals surface area contributed by atoms with Gasteiger partial charge in [0.05, 0.1) is 0 Å². The van der Waals surface area contributed by atoms with Crippen LogP contribution in [-0.2, 0) is 0 Å². The van der Waals surface area contributed by atoms with Crippen LogP contribution in [-0.4, -0.2) is 0 Å². The number of rotatable bonds is 3. The van der Waals surface area contributed by atoms with Gasteiger partial charge in [-0.2, -0.15) is 0 Å². The van der Waals surface area contributed by atoms with Gasteiger partial charge in [0.25, 0.3) is 0 Å². The van der Waals surface area contributed by atoms with Crippen LogP contribution in [0.15, 0.2) is 36.0 Å². The molecule has 0 heterocycles. The van der Waals surface area contributed by atoms with Crippen molar-refractivity contribution in [2.75, 3.05) is 0 Å². The Kier molecular flexibility index (Phi) is 4.65. The van der Waals surface area contributed by atoms with Crippen LogP contribution in [0.1, 0.15) is 27.2 Å². The monoisotopic (exact) mass is 136 g/mol. The fourth-order valence-electron chi connectivity index (χ4n) is 0.604. The number of hydrogen-bond acceptors (Lipinski definition) is 0. The van der Waals surface area contributed by atoms with Crippen LogP contribution in [0, 0.1) is 0 Å². The Bertz CT molecular complexity index is 155. The van der Waals surface area contributed by atoms with Gasteiger partial charge in [-0.3, -0.25) is 0 Å². The first kappa shape index (κ1) is 9.22. The predicted molar refractivity (Wildman–Crippen MR) is 48.0 cm³/mol. The molecule has 10 heavy (non-hydrogen) atoms. The molecule has 0 aliphatic carbocycles. The lowest BCUT2D eigenvalue weighted by molar-refractivity contribution is 1.15. The van der Waals surface area contributed by atoms with Crippen molar-refractivity contribution in [1.82, 2.24) is 0 Å². The Labute approximate surface area is 64.0 Å². The van der Waals surface area contributed by atoms with Crippen LogP contribution in [0.4, 0.5) is 0 Å². The lowest BCUT2D eigenvalue weighted by Gasteiger charge is -1.91. The molecule has 0 fully saturated rings. The van der Waals surface area contributed by atoms with Gasteiger partial charge in [-0.1, -0.05) is 37.3 Å². The van der Waals surface area contributed by atoms with Gasteiger partial charge in [0.15, 0.2) is 0 Å². The predicted octanol–water partition coefficient (Wildman–Crippen LogP) is 3.48. The van der Waals surface area contributed by atoms with Crippen LogP contribution >= 0.6 is 0 Å². The maximum atomic E-state index is 3.71. The largest absolute Gasteiger partial charge is 0.0988 e. The molecule has 0 saturated carbocycles. The van der Waals surface area contributed by atoms with Gasteiger partial charge >= 0.3 is 0 Å². The van der Waals surface area contributed by atoms with Crippen molar-refractivity contribution in [3.63, 3.8) is 0 Å². The van der Waals surface area contributed by atoms with Crippen LogP contribution in [0.3, 0.4) is 0 Å². The number of allylic oxidation sites excluding steroid dienone is 5. The second kappa shape index (κ2) is 5.04. The summed E-state index contributed by atoms with van der Waals surface area (Å²) in [4.78, 5) is 0. The Balaban J connectivity index is 4.12. The van der Waals surface area contributed by atoms with E-state index >= 15 is 0 Å². The van der Waals surface area contributed by atoms with E-state index in [9.17, 15) is 0 Å². The van der Waals surface area contributed by atoms with E-state index in [-0.39, 0.29) is 0 Å². The van der Waals surface area contributed by atoms with Gasteiger partial charge in [-0.05, 0) is 25.8 Å². The highest BCUT2D eigenvalue weighted by atomic mass is 13.9. The minimum atomic E-state index is 1.06. The summed E-state index contributed by atoms with van der Waals surface area (Å²) in [5.74, 6) is 0. The highest BCUT2D eigenvalue weighted by Crippen LogP contribution is 2.02. The molecule has 0 aliphatic heterocycles. The highest BCUT2D eigenvalue weighted by molar-refractivity contribution is 5.23. The minimum absolute atomic E-state index is 1.06. The highest BCUT2D eigenvalue weighted by Gasteiger charge is 1.81. The Morgan fingerprint density at radius 2 is 1.90 bits per heavy atom. The van der Waals surface area contributed by atoms with E-state index in [1.54, 1.807) is 0 Å². The maximum absolute atomic E-state index is 3.71.